The van der Waals surface area contributed by atoms with Gasteiger partial charge in [0, 0.05) is 0 Å². The minimum absolute atomic E-state index is 0.0915. The summed E-state index contributed by atoms with van der Waals surface area (Å²) in [5.74, 6) is -0.148. The third-order valence-electron chi connectivity index (χ3n) is 4.67. The Morgan fingerprint density at radius 1 is 0.469 bits per heavy atom. The van der Waals surface area contributed by atoms with Crippen LogP contribution in [0.5, 0.6) is 23.0 Å². The fraction of sp³-hybridized carbons (Fsp3) is 0. The molecule has 0 radical (unpaired) electrons. The molecule has 0 heterocycles. The second-order valence-electron chi connectivity index (χ2n) is 6.92. The lowest BCUT2D eigenvalue weighted by molar-refractivity contribution is 0.0725. The maximum absolute atomic E-state index is 12.3. The van der Waals surface area contributed by atoms with Crippen molar-refractivity contribution in [1.82, 2.24) is 0 Å². The van der Waals surface area contributed by atoms with Gasteiger partial charge >= 0.3 is 11.9 Å². The van der Waals surface area contributed by atoms with Crippen molar-refractivity contribution in [3.8, 4) is 34.1 Å². The van der Waals surface area contributed by atoms with Gasteiger partial charge in [0.2, 0.25) is 0 Å². The summed E-state index contributed by atoms with van der Waals surface area (Å²) < 4.78 is 10.6. The number of hydrogen-bond donors (Lipinski definition) is 2. The summed E-state index contributed by atoms with van der Waals surface area (Å²) in [7, 11) is 0. The van der Waals surface area contributed by atoms with Crippen LogP contribution in [0.1, 0.15) is 20.7 Å². The van der Waals surface area contributed by atoms with Crippen molar-refractivity contribution < 1.29 is 29.3 Å². The fourth-order valence-corrected chi connectivity index (χ4v) is 2.96. The molecule has 6 nitrogen and oxygen atoms in total. The van der Waals surface area contributed by atoms with E-state index in [1.807, 2.05) is 0 Å². The zero-order valence-electron chi connectivity index (χ0n) is 16.8. The van der Waals surface area contributed by atoms with Crippen LogP contribution in [0.3, 0.4) is 0 Å². The monoisotopic (exact) mass is 426 g/mol. The Labute approximate surface area is 183 Å². The van der Waals surface area contributed by atoms with Crippen molar-refractivity contribution in [2.24, 2.45) is 0 Å². The second-order valence-corrected chi connectivity index (χ2v) is 6.92. The zero-order chi connectivity index (χ0) is 22.5. The number of benzene rings is 4. The summed E-state index contributed by atoms with van der Waals surface area (Å²) in [6.45, 7) is 0. The van der Waals surface area contributed by atoms with Crippen molar-refractivity contribution in [3.63, 3.8) is 0 Å². The SMILES string of the molecule is O=C(Oc1ccc(O)cc1)c1ccc(-c2ccc(C(=O)Oc3ccc(O)cc3)cc2)cc1. The first-order chi connectivity index (χ1) is 15.5. The van der Waals surface area contributed by atoms with Crippen LogP contribution in [-0.4, -0.2) is 22.2 Å². The van der Waals surface area contributed by atoms with Crippen molar-refractivity contribution in [3.05, 3.63) is 108 Å². The van der Waals surface area contributed by atoms with Gasteiger partial charge in [-0.05, 0) is 83.9 Å². The number of carbonyl (C=O) groups excluding carboxylic acids is 2. The summed E-state index contributed by atoms with van der Waals surface area (Å²) >= 11 is 0. The lowest BCUT2D eigenvalue weighted by Crippen LogP contribution is -2.08. The van der Waals surface area contributed by atoms with Crippen LogP contribution in [0.4, 0.5) is 0 Å². The number of phenols is 2. The number of carbonyl (C=O) groups is 2. The van der Waals surface area contributed by atoms with Crippen LogP contribution >= 0.6 is 0 Å². The molecule has 0 unspecified atom stereocenters. The average molecular weight is 426 g/mol. The summed E-state index contributed by atoms with van der Waals surface area (Å²) in [6.07, 6.45) is 0. The topological polar surface area (TPSA) is 93.1 Å². The molecule has 0 fully saturated rings. The van der Waals surface area contributed by atoms with Crippen LogP contribution in [0, 0.1) is 0 Å². The molecule has 4 aromatic rings. The van der Waals surface area contributed by atoms with Gasteiger partial charge in [-0.1, -0.05) is 24.3 Å². The summed E-state index contributed by atoms with van der Waals surface area (Å²) in [6, 6.07) is 25.6. The Hall–Kier alpha value is -4.58. The van der Waals surface area contributed by atoms with Crippen molar-refractivity contribution in [1.29, 1.82) is 0 Å². The van der Waals surface area contributed by atoms with Crippen LogP contribution in [0.15, 0.2) is 97.1 Å². The first kappa shape index (κ1) is 20.7. The lowest BCUT2D eigenvalue weighted by Gasteiger charge is -2.07. The molecule has 32 heavy (non-hydrogen) atoms. The quantitative estimate of drug-likeness (QED) is 0.336. The minimum atomic E-state index is -0.505. The largest absolute Gasteiger partial charge is 0.508 e. The number of hydrogen-bond acceptors (Lipinski definition) is 6. The van der Waals surface area contributed by atoms with E-state index >= 15 is 0 Å². The van der Waals surface area contributed by atoms with E-state index in [1.54, 1.807) is 48.5 Å². The van der Waals surface area contributed by atoms with E-state index in [9.17, 15) is 19.8 Å². The highest BCUT2D eigenvalue weighted by Crippen LogP contribution is 2.23. The highest BCUT2D eigenvalue weighted by Gasteiger charge is 2.11. The summed E-state index contributed by atoms with van der Waals surface area (Å²) in [4.78, 5) is 24.6. The Balaban J connectivity index is 1.41. The molecule has 158 valence electrons. The molecular weight excluding hydrogens is 408 g/mol. The third-order valence-corrected chi connectivity index (χ3v) is 4.67. The van der Waals surface area contributed by atoms with Gasteiger partial charge in [0.15, 0.2) is 0 Å². The summed E-state index contributed by atoms with van der Waals surface area (Å²) in [5.41, 5.74) is 2.50. The molecular formula is C26H18O6. The van der Waals surface area contributed by atoms with Gasteiger partial charge in [0.25, 0.3) is 0 Å². The van der Waals surface area contributed by atoms with Gasteiger partial charge in [-0.2, -0.15) is 0 Å². The van der Waals surface area contributed by atoms with E-state index in [2.05, 4.69) is 0 Å². The molecule has 0 saturated carbocycles. The first-order valence-electron chi connectivity index (χ1n) is 9.71. The van der Waals surface area contributed by atoms with Crippen molar-refractivity contribution in [2.75, 3.05) is 0 Å². The molecule has 0 amide bonds. The molecule has 6 heteroatoms. The van der Waals surface area contributed by atoms with Gasteiger partial charge < -0.3 is 19.7 Å². The molecule has 0 bridgehead atoms. The Bertz CT molecular complexity index is 1120. The highest BCUT2D eigenvalue weighted by molar-refractivity contribution is 5.93. The van der Waals surface area contributed by atoms with Gasteiger partial charge in [-0.15, -0.1) is 0 Å². The molecule has 4 rings (SSSR count). The maximum Gasteiger partial charge on any atom is 0.343 e. The van der Waals surface area contributed by atoms with Crippen LogP contribution in [-0.2, 0) is 0 Å². The Kier molecular flexibility index (Phi) is 5.85. The zero-order valence-corrected chi connectivity index (χ0v) is 16.8. The molecule has 4 aromatic carbocycles. The smallest absolute Gasteiger partial charge is 0.343 e. The van der Waals surface area contributed by atoms with Gasteiger partial charge in [0.05, 0.1) is 11.1 Å². The van der Waals surface area contributed by atoms with E-state index in [-0.39, 0.29) is 11.5 Å². The van der Waals surface area contributed by atoms with Crippen molar-refractivity contribution >= 4 is 11.9 Å². The third kappa shape index (κ3) is 4.94. The fourth-order valence-electron chi connectivity index (χ4n) is 2.96. The molecule has 0 atom stereocenters. The number of ether oxygens (including phenoxy) is 2. The number of esters is 2. The van der Waals surface area contributed by atoms with E-state index in [0.717, 1.165) is 11.1 Å². The highest BCUT2D eigenvalue weighted by atomic mass is 16.5. The van der Waals surface area contributed by atoms with E-state index in [1.165, 1.54) is 48.5 Å². The Morgan fingerprint density at radius 2 is 0.781 bits per heavy atom. The van der Waals surface area contributed by atoms with Gasteiger partial charge in [-0.25, -0.2) is 9.59 Å². The molecule has 0 aliphatic heterocycles. The van der Waals surface area contributed by atoms with E-state index < -0.39 is 11.9 Å². The molecule has 0 aromatic heterocycles. The van der Waals surface area contributed by atoms with Crippen molar-refractivity contribution in [2.45, 2.75) is 0 Å². The predicted octanol–water partition coefficient (Wildman–Crippen LogP) is 5.20. The normalized spacial score (nSPS) is 10.4. The maximum atomic E-state index is 12.3. The number of aromatic hydroxyl groups is 2. The van der Waals surface area contributed by atoms with E-state index in [4.69, 9.17) is 9.47 Å². The Morgan fingerprint density at radius 3 is 1.09 bits per heavy atom. The standard InChI is InChI=1S/C26H18O6/c27-21-9-13-23(14-10-21)31-25(29)19-5-1-17(2-6-19)18-3-7-20(8-4-18)26(30)32-24-15-11-22(28)12-16-24/h1-16,27-28H. The lowest BCUT2D eigenvalue weighted by atomic mass is 10.0. The summed E-state index contributed by atoms with van der Waals surface area (Å²) in [5, 5.41) is 18.6. The molecule has 2 N–H and O–H groups in total. The van der Waals surface area contributed by atoms with Crippen LogP contribution in [0.2, 0.25) is 0 Å². The number of phenolic OH excluding ortho intramolecular Hbond substituents is 2. The van der Waals surface area contributed by atoms with Crippen LogP contribution in [0.25, 0.3) is 11.1 Å². The molecule has 0 aliphatic carbocycles. The van der Waals surface area contributed by atoms with Gasteiger partial charge in [0.1, 0.15) is 23.0 Å². The average Bonchev–Trinajstić information content (AvgIpc) is 2.82. The van der Waals surface area contributed by atoms with E-state index in [0.29, 0.717) is 22.6 Å². The molecule has 0 spiro atoms. The van der Waals surface area contributed by atoms with Crippen LogP contribution < -0.4 is 9.47 Å². The predicted molar refractivity (Wildman–Crippen MR) is 118 cm³/mol. The number of rotatable bonds is 5. The minimum Gasteiger partial charge on any atom is -0.508 e. The second kappa shape index (κ2) is 9.06. The molecule has 0 aliphatic rings. The van der Waals surface area contributed by atoms with Gasteiger partial charge in [-0.3, -0.25) is 0 Å². The first-order valence-corrected chi connectivity index (χ1v) is 9.71. The molecule has 0 saturated heterocycles.